The van der Waals surface area contributed by atoms with Gasteiger partial charge in [-0.25, -0.2) is 0 Å². The summed E-state index contributed by atoms with van der Waals surface area (Å²) in [6, 6.07) is 20.8. The molecule has 1 amide bonds. The maximum Gasteiger partial charge on any atom is 0.275 e. The number of thiophene rings is 1. The first-order chi connectivity index (χ1) is 13.7. The second-order valence-electron chi connectivity index (χ2n) is 6.79. The highest BCUT2D eigenvalue weighted by Gasteiger charge is 2.19. The van der Waals surface area contributed by atoms with Crippen molar-refractivity contribution in [3.63, 3.8) is 0 Å². The van der Waals surface area contributed by atoms with E-state index >= 15 is 0 Å². The predicted octanol–water partition coefficient (Wildman–Crippen LogP) is 3.08. The summed E-state index contributed by atoms with van der Waals surface area (Å²) in [4.78, 5) is 13.6. The van der Waals surface area contributed by atoms with Crippen molar-refractivity contribution in [3.05, 3.63) is 87.6 Å². The van der Waals surface area contributed by atoms with Crippen molar-refractivity contribution in [2.75, 3.05) is 20.2 Å². The first kappa shape index (κ1) is 20.1. The van der Waals surface area contributed by atoms with Gasteiger partial charge < -0.3 is 15.4 Å². The van der Waals surface area contributed by atoms with E-state index in [2.05, 4.69) is 59.3 Å². The number of aryl methyl sites for hydroxylation is 1. The number of amides is 1. The van der Waals surface area contributed by atoms with Crippen molar-refractivity contribution >= 4 is 17.2 Å². The number of hydrogen-bond donors (Lipinski definition) is 2. The molecule has 0 aliphatic carbocycles. The van der Waals surface area contributed by atoms with Gasteiger partial charge in [0.2, 0.25) is 0 Å². The van der Waals surface area contributed by atoms with E-state index in [9.17, 15) is 4.79 Å². The highest BCUT2D eigenvalue weighted by Crippen LogP contribution is 2.22. The third kappa shape index (κ3) is 5.68. The van der Waals surface area contributed by atoms with Crippen LogP contribution >= 0.6 is 11.3 Å². The summed E-state index contributed by atoms with van der Waals surface area (Å²) in [7, 11) is 1.66. The van der Waals surface area contributed by atoms with Gasteiger partial charge in [-0.05, 0) is 42.5 Å². The zero-order chi connectivity index (χ0) is 19.8. The molecular weight excluding hydrogens is 368 g/mol. The topological polar surface area (TPSA) is 54.9 Å². The SMILES string of the molecule is COc1ccc(CCNC(=O)C[NH2+][C@H](c2ccc(C)cc2)c2cccs2)cc1. The summed E-state index contributed by atoms with van der Waals surface area (Å²) in [6.07, 6.45) is 0.808. The van der Waals surface area contributed by atoms with E-state index in [0.29, 0.717) is 13.1 Å². The zero-order valence-electron chi connectivity index (χ0n) is 16.4. The van der Waals surface area contributed by atoms with E-state index in [0.717, 1.165) is 12.2 Å². The Morgan fingerprint density at radius 3 is 2.50 bits per heavy atom. The van der Waals surface area contributed by atoms with E-state index in [1.165, 1.54) is 21.6 Å². The van der Waals surface area contributed by atoms with Crippen LogP contribution in [0.1, 0.15) is 27.6 Å². The van der Waals surface area contributed by atoms with Gasteiger partial charge in [0.1, 0.15) is 11.8 Å². The van der Waals surface area contributed by atoms with Gasteiger partial charge in [-0.1, -0.05) is 48.0 Å². The molecule has 2 aromatic carbocycles. The van der Waals surface area contributed by atoms with Crippen LogP contribution in [0.15, 0.2) is 66.0 Å². The number of carbonyl (C=O) groups is 1. The maximum absolute atomic E-state index is 12.3. The normalized spacial score (nSPS) is 11.8. The average molecular weight is 396 g/mol. The molecule has 0 fully saturated rings. The molecule has 4 nitrogen and oxygen atoms in total. The van der Waals surface area contributed by atoms with Crippen LogP contribution in [0.25, 0.3) is 0 Å². The minimum absolute atomic E-state index is 0.0576. The Morgan fingerprint density at radius 1 is 1.11 bits per heavy atom. The van der Waals surface area contributed by atoms with Gasteiger partial charge in [-0.15, -0.1) is 11.3 Å². The number of benzene rings is 2. The molecule has 0 radical (unpaired) electrons. The molecule has 0 aliphatic rings. The van der Waals surface area contributed by atoms with Gasteiger partial charge in [0, 0.05) is 12.1 Å². The first-order valence-corrected chi connectivity index (χ1v) is 10.4. The molecule has 3 N–H and O–H groups in total. The summed E-state index contributed by atoms with van der Waals surface area (Å²) in [5, 5.41) is 7.22. The molecule has 3 rings (SSSR count). The lowest BCUT2D eigenvalue weighted by atomic mass is 10.0. The van der Waals surface area contributed by atoms with Gasteiger partial charge >= 0.3 is 0 Å². The van der Waals surface area contributed by atoms with Crippen LogP contribution in [0.2, 0.25) is 0 Å². The molecule has 0 aliphatic heterocycles. The number of hydrogen-bond acceptors (Lipinski definition) is 3. The number of nitrogens with two attached hydrogens (primary N) is 1. The molecule has 0 bridgehead atoms. The van der Waals surface area contributed by atoms with Crippen LogP contribution in [0.5, 0.6) is 5.75 Å². The van der Waals surface area contributed by atoms with Crippen molar-refractivity contribution in [1.29, 1.82) is 0 Å². The highest BCUT2D eigenvalue weighted by molar-refractivity contribution is 7.10. The van der Waals surface area contributed by atoms with Crippen LogP contribution in [-0.2, 0) is 11.2 Å². The molecule has 0 saturated heterocycles. The van der Waals surface area contributed by atoms with Crippen molar-refractivity contribution in [1.82, 2.24) is 5.32 Å². The van der Waals surface area contributed by atoms with Crippen molar-refractivity contribution in [2.45, 2.75) is 19.4 Å². The van der Waals surface area contributed by atoms with Gasteiger partial charge in [0.05, 0.1) is 12.0 Å². The van der Waals surface area contributed by atoms with Crippen molar-refractivity contribution < 1.29 is 14.8 Å². The molecule has 1 heterocycles. The fourth-order valence-electron chi connectivity index (χ4n) is 3.09. The van der Waals surface area contributed by atoms with Crippen LogP contribution in [-0.4, -0.2) is 26.1 Å². The molecule has 0 unspecified atom stereocenters. The van der Waals surface area contributed by atoms with Crippen LogP contribution in [0.4, 0.5) is 0 Å². The number of methoxy groups -OCH3 is 1. The summed E-state index contributed by atoms with van der Waals surface area (Å²) in [5.41, 5.74) is 3.64. The van der Waals surface area contributed by atoms with E-state index < -0.39 is 0 Å². The number of quaternary nitrogens is 1. The number of rotatable bonds is 9. The monoisotopic (exact) mass is 395 g/mol. The Hall–Kier alpha value is -2.63. The first-order valence-electron chi connectivity index (χ1n) is 9.48. The Balaban J connectivity index is 1.51. The molecule has 28 heavy (non-hydrogen) atoms. The standard InChI is InChI=1S/C23H26N2O2S/c1-17-5-9-19(10-6-17)23(21-4-3-15-28-21)25-16-22(26)24-14-13-18-7-11-20(27-2)12-8-18/h3-12,15,23,25H,13-14,16H2,1-2H3,(H,24,26)/p+1/t23-/m1/s1. The molecule has 0 saturated carbocycles. The minimum atomic E-state index is 0.0576. The van der Waals surface area contributed by atoms with Gasteiger partial charge in [0.15, 0.2) is 6.54 Å². The van der Waals surface area contributed by atoms with Gasteiger partial charge in [-0.3, -0.25) is 4.79 Å². The van der Waals surface area contributed by atoms with Gasteiger partial charge in [-0.2, -0.15) is 0 Å². The summed E-state index contributed by atoms with van der Waals surface area (Å²) < 4.78 is 5.17. The van der Waals surface area contributed by atoms with E-state index in [4.69, 9.17) is 4.74 Å². The zero-order valence-corrected chi connectivity index (χ0v) is 17.2. The van der Waals surface area contributed by atoms with E-state index in [1.54, 1.807) is 18.4 Å². The highest BCUT2D eigenvalue weighted by atomic mass is 32.1. The van der Waals surface area contributed by atoms with Crippen LogP contribution < -0.4 is 15.4 Å². The molecule has 3 aromatic rings. The van der Waals surface area contributed by atoms with Crippen LogP contribution in [0.3, 0.4) is 0 Å². The van der Waals surface area contributed by atoms with Gasteiger partial charge in [0.25, 0.3) is 5.91 Å². The third-order valence-electron chi connectivity index (χ3n) is 4.72. The quantitative estimate of drug-likeness (QED) is 0.585. The smallest absolute Gasteiger partial charge is 0.275 e. The maximum atomic E-state index is 12.3. The Morgan fingerprint density at radius 2 is 1.86 bits per heavy atom. The van der Waals surface area contributed by atoms with Crippen LogP contribution in [0, 0.1) is 6.92 Å². The minimum Gasteiger partial charge on any atom is -0.497 e. The summed E-state index contributed by atoms with van der Waals surface area (Å²) in [6.45, 7) is 3.12. The fourth-order valence-corrected chi connectivity index (χ4v) is 3.94. The molecule has 146 valence electrons. The van der Waals surface area contributed by atoms with E-state index in [-0.39, 0.29) is 11.9 Å². The lowest BCUT2D eigenvalue weighted by Crippen LogP contribution is -2.87. The number of carbonyl (C=O) groups excluding carboxylic acids is 1. The summed E-state index contributed by atoms with van der Waals surface area (Å²) >= 11 is 1.73. The number of ether oxygens (including phenoxy) is 1. The molecule has 1 atom stereocenters. The van der Waals surface area contributed by atoms with E-state index in [1.807, 2.05) is 24.3 Å². The predicted molar refractivity (Wildman–Crippen MR) is 114 cm³/mol. The average Bonchev–Trinajstić information content (AvgIpc) is 3.24. The second-order valence-corrected chi connectivity index (χ2v) is 7.77. The molecule has 5 heteroatoms. The number of nitrogens with one attached hydrogen (secondary N) is 1. The third-order valence-corrected chi connectivity index (χ3v) is 5.68. The Bertz CT molecular complexity index is 859. The van der Waals surface area contributed by atoms with Crippen molar-refractivity contribution in [2.24, 2.45) is 0 Å². The lowest BCUT2D eigenvalue weighted by Gasteiger charge is -2.15. The lowest BCUT2D eigenvalue weighted by molar-refractivity contribution is -0.676. The Kier molecular flexibility index (Phi) is 7.23. The Labute approximate surface area is 170 Å². The largest absolute Gasteiger partial charge is 0.497 e. The fraction of sp³-hybridized carbons (Fsp3) is 0.261. The van der Waals surface area contributed by atoms with Crippen molar-refractivity contribution in [3.8, 4) is 5.75 Å². The molecule has 1 aromatic heterocycles. The molecular formula is C23H27N2O2S+. The molecule has 0 spiro atoms. The second kappa shape index (κ2) is 10.1. The summed E-state index contributed by atoms with van der Waals surface area (Å²) in [5.74, 6) is 0.903.